The van der Waals surface area contributed by atoms with Crippen molar-refractivity contribution in [2.24, 2.45) is 0 Å². The molecule has 3 saturated heterocycles. The van der Waals surface area contributed by atoms with Gasteiger partial charge in [-0.1, -0.05) is 6.92 Å². The lowest BCUT2D eigenvalue weighted by atomic mass is 9.85. The molecule has 0 aliphatic carbocycles. The number of carbonyl (C=O) groups is 2. The predicted molar refractivity (Wildman–Crippen MR) is 159 cm³/mol. The maximum atomic E-state index is 13.3. The van der Waals surface area contributed by atoms with Gasteiger partial charge in [-0.15, -0.1) is 0 Å². The highest BCUT2D eigenvalue weighted by Crippen LogP contribution is 2.38. The van der Waals surface area contributed by atoms with Gasteiger partial charge in [0, 0.05) is 37.1 Å². The summed E-state index contributed by atoms with van der Waals surface area (Å²) >= 11 is 0. The Bertz CT molecular complexity index is 1580. The first-order valence-electron chi connectivity index (χ1n) is 14.9. The van der Waals surface area contributed by atoms with Gasteiger partial charge in [-0.05, 0) is 83.2 Å². The van der Waals surface area contributed by atoms with E-state index in [9.17, 15) is 14.4 Å². The molecule has 2 amide bonds. The van der Waals surface area contributed by atoms with E-state index in [1.54, 1.807) is 11.1 Å². The van der Waals surface area contributed by atoms with Crippen LogP contribution in [0.3, 0.4) is 0 Å². The van der Waals surface area contributed by atoms with Crippen LogP contribution in [0.4, 0.5) is 16.3 Å². The van der Waals surface area contributed by atoms with Gasteiger partial charge in [0.05, 0.1) is 29.8 Å². The molecule has 2 N–H and O–H groups in total. The van der Waals surface area contributed by atoms with Crippen LogP contribution in [0.1, 0.15) is 69.3 Å². The highest BCUT2D eigenvalue weighted by Gasteiger charge is 2.42. The summed E-state index contributed by atoms with van der Waals surface area (Å²) in [6.45, 7) is 12.0. The fourth-order valence-corrected chi connectivity index (χ4v) is 6.59. The largest absolute Gasteiger partial charge is 0.444 e. The zero-order valence-electron chi connectivity index (χ0n) is 25.0. The van der Waals surface area contributed by atoms with Crippen LogP contribution in [-0.4, -0.2) is 80.6 Å². The fourth-order valence-electron chi connectivity index (χ4n) is 6.59. The molecule has 3 aliphatic heterocycles. The second-order valence-corrected chi connectivity index (χ2v) is 12.8. The maximum Gasteiger partial charge on any atom is 0.410 e. The second kappa shape index (κ2) is 10.4. The molecule has 0 spiro atoms. The minimum atomic E-state index is -0.553. The van der Waals surface area contributed by atoms with E-state index in [0.29, 0.717) is 55.9 Å². The summed E-state index contributed by atoms with van der Waals surface area (Å²) in [5.74, 6) is 0.491. The maximum absolute atomic E-state index is 13.3. The zero-order valence-corrected chi connectivity index (χ0v) is 25.0. The number of piperidine rings is 1. The molecule has 2 atom stereocenters. The van der Waals surface area contributed by atoms with Crippen LogP contribution in [0, 0.1) is 6.92 Å². The first kappa shape index (κ1) is 28.3. The quantitative estimate of drug-likeness (QED) is 0.458. The third-order valence-corrected chi connectivity index (χ3v) is 8.94. The Kier molecular flexibility index (Phi) is 7.03. The van der Waals surface area contributed by atoms with Crippen molar-refractivity contribution in [1.82, 2.24) is 24.6 Å². The Balaban J connectivity index is 1.26. The Morgan fingerprint density at radius 2 is 1.98 bits per heavy atom. The van der Waals surface area contributed by atoms with Crippen molar-refractivity contribution in [2.75, 3.05) is 31.6 Å². The van der Waals surface area contributed by atoms with E-state index in [4.69, 9.17) is 14.6 Å². The molecule has 3 aliphatic rings. The highest BCUT2D eigenvalue weighted by molar-refractivity contribution is 5.97. The number of hydrogen-bond acceptors (Lipinski definition) is 7. The van der Waals surface area contributed by atoms with Crippen LogP contribution in [0.25, 0.3) is 10.9 Å². The molecule has 2 aromatic heterocycles. The Morgan fingerprint density at radius 3 is 2.60 bits per heavy atom. The summed E-state index contributed by atoms with van der Waals surface area (Å²) in [6.07, 6.45) is 4.56. The standard InChI is InChI=1S/C31H40N6O5/c1-6-31(10-13-35(14-11-31)29(40)42-30(3,4)5)37-24-9-12-32-27(38)25(24)26(34-37)33-20-7-8-23(19(2)15-20)28(39)36-17-22-16-21(36)18-41-22/h7-9,12,15,21-22H,6,10-11,13-14,16-18H2,1-5H3,(H,32,38)(H,33,34)/t21-,22-/m0/s1. The van der Waals surface area contributed by atoms with Crippen molar-refractivity contribution in [3.05, 3.63) is 51.9 Å². The molecule has 0 saturated carbocycles. The summed E-state index contributed by atoms with van der Waals surface area (Å²) in [4.78, 5) is 45.6. The van der Waals surface area contributed by atoms with Gasteiger partial charge in [0.25, 0.3) is 11.5 Å². The summed E-state index contributed by atoms with van der Waals surface area (Å²) in [7, 11) is 0. The minimum Gasteiger partial charge on any atom is -0.444 e. The number of ether oxygens (including phenoxy) is 2. The number of pyridine rings is 1. The molecule has 0 radical (unpaired) electrons. The van der Waals surface area contributed by atoms with E-state index in [0.717, 1.165) is 29.6 Å². The first-order chi connectivity index (χ1) is 20.0. The summed E-state index contributed by atoms with van der Waals surface area (Å²) in [5, 5.41) is 8.82. The molecule has 6 rings (SSSR count). The topological polar surface area (TPSA) is 122 Å². The molecule has 1 aromatic carbocycles. The van der Waals surface area contributed by atoms with Crippen LogP contribution < -0.4 is 10.9 Å². The van der Waals surface area contributed by atoms with Crippen LogP contribution >= 0.6 is 0 Å². The minimum absolute atomic E-state index is 0.0311. The smallest absolute Gasteiger partial charge is 0.410 e. The molecule has 3 fully saturated rings. The zero-order chi connectivity index (χ0) is 29.8. The van der Waals surface area contributed by atoms with Crippen molar-refractivity contribution in [2.45, 2.75) is 83.6 Å². The third-order valence-electron chi connectivity index (χ3n) is 8.94. The lowest BCUT2D eigenvalue weighted by molar-refractivity contribution is 0.0101. The summed E-state index contributed by atoms with van der Waals surface area (Å²) in [5.41, 5.74) is 1.86. The monoisotopic (exact) mass is 576 g/mol. The molecule has 2 bridgehead atoms. The van der Waals surface area contributed by atoms with E-state index in [-0.39, 0.29) is 35.2 Å². The molecular formula is C31H40N6O5. The average Bonchev–Trinajstić information content (AvgIpc) is 3.68. The normalized spacial score (nSPS) is 21.6. The molecule has 42 heavy (non-hydrogen) atoms. The number of aromatic nitrogens is 3. The number of rotatable bonds is 5. The van der Waals surface area contributed by atoms with Crippen molar-refractivity contribution in [3.63, 3.8) is 0 Å². The van der Waals surface area contributed by atoms with Gasteiger partial charge in [0.1, 0.15) is 11.0 Å². The van der Waals surface area contributed by atoms with Gasteiger partial charge in [-0.2, -0.15) is 5.10 Å². The number of aryl methyl sites for hydroxylation is 1. The van der Waals surface area contributed by atoms with Crippen molar-refractivity contribution in [3.8, 4) is 0 Å². The van der Waals surface area contributed by atoms with Crippen molar-refractivity contribution >= 4 is 34.4 Å². The van der Waals surface area contributed by atoms with E-state index < -0.39 is 5.60 Å². The van der Waals surface area contributed by atoms with Gasteiger partial charge in [0.15, 0.2) is 5.82 Å². The Morgan fingerprint density at radius 1 is 1.21 bits per heavy atom. The van der Waals surface area contributed by atoms with E-state index >= 15 is 0 Å². The van der Waals surface area contributed by atoms with Crippen LogP contribution in [0.2, 0.25) is 0 Å². The number of H-pyrrole nitrogens is 1. The second-order valence-electron chi connectivity index (χ2n) is 12.8. The number of carbonyl (C=O) groups excluding carboxylic acids is 2. The van der Waals surface area contributed by atoms with Gasteiger partial charge in [0.2, 0.25) is 0 Å². The number of anilines is 2. The first-order valence-corrected chi connectivity index (χ1v) is 14.9. The Hall–Kier alpha value is -3.86. The molecule has 224 valence electrons. The van der Waals surface area contributed by atoms with E-state index in [1.165, 1.54) is 0 Å². The predicted octanol–water partition coefficient (Wildman–Crippen LogP) is 4.53. The number of aromatic amines is 1. The van der Waals surface area contributed by atoms with E-state index in [2.05, 4.69) is 17.2 Å². The number of nitrogens with one attached hydrogen (secondary N) is 2. The fraction of sp³-hybridized carbons (Fsp3) is 0.548. The number of benzene rings is 1. The highest BCUT2D eigenvalue weighted by atomic mass is 16.6. The average molecular weight is 577 g/mol. The number of nitrogens with zero attached hydrogens (tertiary/aromatic N) is 4. The van der Waals surface area contributed by atoms with Crippen LogP contribution in [0.15, 0.2) is 35.3 Å². The summed E-state index contributed by atoms with van der Waals surface area (Å²) < 4.78 is 13.2. The Labute approximate surface area is 245 Å². The number of hydrogen-bond donors (Lipinski definition) is 2. The van der Waals surface area contributed by atoms with Gasteiger partial charge < -0.3 is 29.6 Å². The van der Waals surface area contributed by atoms with E-state index in [1.807, 2.05) is 61.5 Å². The van der Waals surface area contributed by atoms with Crippen LogP contribution in [-0.2, 0) is 15.0 Å². The lowest BCUT2D eigenvalue weighted by Gasteiger charge is -2.42. The van der Waals surface area contributed by atoms with Crippen LogP contribution in [0.5, 0.6) is 0 Å². The summed E-state index contributed by atoms with van der Waals surface area (Å²) in [6, 6.07) is 7.67. The van der Waals surface area contributed by atoms with Crippen molar-refractivity contribution in [1.29, 1.82) is 0 Å². The lowest BCUT2D eigenvalue weighted by Crippen LogP contribution is -2.49. The number of amides is 2. The van der Waals surface area contributed by atoms with Crippen molar-refractivity contribution < 1.29 is 19.1 Å². The third kappa shape index (κ3) is 5.04. The van der Waals surface area contributed by atoms with Gasteiger partial charge in [-0.25, -0.2) is 4.79 Å². The molecule has 11 heteroatoms. The number of likely N-dealkylation sites (tertiary alicyclic amines) is 2. The number of morpholine rings is 1. The molecule has 3 aromatic rings. The molecule has 11 nitrogen and oxygen atoms in total. The van der Waals surface area contributed by atoms with Gasteiger partial charge in [-0.3, -0.25) is 14.3 Å². The SMILES string of the molecule is CCC1(n2nc(Nc3ccc(C(=O)N4C[C@@H]5C[C@H]4CO5)c(C)c3)c3c(=O)[nH]ccc32)CCN(C(=O)OC(C)(C)C)CC1. The molecular weight excluding hydrogens is 536 g/mol. The van der Waals surface area contributed by atoms with Gasteiger partial charge >= 0.3 is 6.09 Å². The molecule has 0 unspecified atom stereocenters. The number of fused-ring (bicyclic) bond motifs is 3. The molecule has 5 heterocycles.